The fraction of sp³-hybridized carbons (Fsp3) is 0.581. The monoisotopic (exact) mass is 504 g/mol. The Morgan fingerprint density at radius 3 is 2.86 bits per heavy atom. The largest absolute Gasteiger partial charge is 0.324 e. The molecular weight excluding hydrogens is 467 g/mol. The molecule has 6 rings (SSSR count). The van der Waals surface area contributed by atoms with E-state index in [2.05, 4.69) is 23.3 Å². The molecule has 0 radical (unpaired) electrons. The third kappa shape index (κ3) is 4.26. The number of rotatable bonds is 5. The molecule has 1 amide bonds. The van der Waals surface area contributed by atoms with Crippen LogP contribution in [0.1, 0.15) is 93.0 Å². The quantitative estimate of drug-likeness (QED) is 0.536. The third-order valence-corrected chi connectivity index (χ3v) is 10.2. The number of benzene rings is 1. The molecule has 2 N–H and O–H groups in total. The Morgan fingerprint density at radius 2 is 2.00 bits per heavy atom. The summed E-state index contributed by atoms with van der Waals surface area (Å²) >= 11 is 0. The van der Waals surface area contributed by atoms with E-state index in [0.29, 0.717) is 48.5 Å². The minimum Gasteiger partial charge on any atom is -0.324 e. The number of pyridine rings is 1. The first kappa shape index (κ1) is 24.6. The molecule has 1 aromatic heterocycles. The molecule has 4 aliphatic rings. The SMILES string of the molecule is C[C@]12CCC3c4cccc(F)c4CCC3C1[C@H](CCCC(=O)Nc1cc3c([nH]c1=O)CCCC3)CC2=O. The van der Waals surface area contributed by atoms with Gasteiger partial charge in [0, 0.05) is 24.0 Å². The lowest BCUT2D eigenvalue weighted by Crippen LogP contribution is -2.44. The van der Waals surface area contributed by atoms with Crippen molar-refractivity contribution in [2.24, 2.45) is 23.2 Å². The highest BCUT2D eigenvalue weighted by Gasteiger charge is 2.58. The Morgan fingerprint density at radius 1 is 1.16 bits per heavy atom. The lowest BCUT2D eigenvalue weighted by molar-refractivity contribution is -0.129. The Bertz CT molecular complexity index is 1300. The van der Waals surface area contributed by atoms with Gasteiger partial charge in [0.15, 0.2) is 0 Å². The molecule has 6 heteroatoms. The highest BCUT2D eigenvalue weighted by molar-refractivity contribution is 5.90. The molecule has 5 nitrogen and oxygen atoms in total. The number of carbonyl (C=O) groups excluding carboxylic acids is 2. The van der Waals surface area contributed by atoms with Crippen LogP contribution in [0.5, 0.6) is 0 Å². The van der Waals surface area contributed by atoms with Crippen molar-refractivity contribution in [2.45, 2.75) is 89.9 Å². The van der Waals surface area contributed by atoms with E-state index in [9.17, 15) is 18.8 Å². The number of aromatic nitrogens is 1. The van der Waals surface area contributed by atoms with Gasteiger partial charge in [0.2, 0.25) is 5.91 Å². The summed E-state index contributed by atoms with van der Waals surface area (Å²) in [6, 6.07) is 7.33. The van der Waals surface area contributed by atoms with Crippen LogP contribution in [0.15, 0.2) is 29.1 Å². The average molecular weight is 505 g/mol. The summed E-state index contributed by atoms with van der Waals surface area (Å²) in [6.07, 6.45) is 9.97. The van der Waals surface area contributed by atoms with Gasteiger partial charge in [-0.3, -0.25) is 14.4 Å². The summed E-state index contributed by atoms with van der Waals surface area (Å²) in [7, 11) is 0. The molecule has 0 bridgehead atoms. The van der Waals surface area contributed by atoms with Gasteiger partial charge >= 0.3 is 0 Å². The van der Waals surface area contributed by atoms with Crippen LogP contribution in [-0.4, -0.2) is 16.7 Å². The first-order valence-electron chi connectivity index (χ1n) is 14.2. The fourth-order valence-corrected chi connectivity index (χ4v) is 8.40. The van der Waals surface area contributed by atoms with Gasteiger partial charge in [0.05, 0.1) is 0 Å². The van der Waals surface area contributed by atoms with E-state index < -0.39 is 0 Å². The minimum atomic E-state index is -0.296. The zero-order valence-corrected chi connectivity index (χ0v) is 21.7. The molecule has 2 aromatic rings. The smallest absolute Gasteiger partial charge is 0.271 e. The Balaban J connectivity index is 1.12. The first-order chi connectivity index (χ1) is 17.8. The number of halogens is 1. The van der Waals surface area contributed by atoms with Crippen LogP contribution in [-0.2, 0) is 28.9 Å². The van der Waals surface area contributed by atoms with E-state index in [1.54, 1.807) is 6.07 Å². The Kier molecular flexibility index (Phi) is 6.32. The van der Waals surface area contributed by atoms with Crippen LogP contribution in [0, 0.1) is 29.0 Å². The normalized spacial score (nSPS) is 30.2. The summed E-state index contributed by atoms with van der Waals surface area (Å²) in [6.45, 7) is 2.16. The summed E-state index contributed by atoms with van der Waals surface area (Å²) < 4.78 is 14.5. The molecule has 4 aliphatic carbocycles. The second-order valence-corrected chi connectivity index (χ2v) is 12.1. The second-order valence-electron chi connectivity index (χ2n) is 12.1. The van der Waals surface area contributed by atoms with Gasteiger partial charge in [-0.25, -0.2) is 4.39 Å². The number of amides is 1. The number of carbonyl (C=O) groups is 2. The molecule has 2 fully saturated rings. The predicted molar refractivity (Wildman–Crippen MR) is 141 cm³/mol. The molecule has 196 valence electrons. The van der Waals surface area contributed by atoms with Crippen LogP contribution < -0.4 is 10.9 Å². The van der Waals surface area contributed by atoms with E-state index in [0.717, 1.165) is 80.2 Å². The molecule has 0 aliphatic heterocycles. The van der Waals surface area contributed by atoms with Gasteiger partial charge in [-0.05, 0) is 117 Å². The van der Waals surface area contributed by atoms with Crippen molar-refractivity contribution in [3.63, 3.8) is 0 Å². The van der Waals surface area contributed by atoms with Crippen LogP contribution in [0.25, 0.3) is 0 Å². The van der Waals surface area contributed by atoms with Gasteiger partial charge in [-0.15, -0.1) is 0 Å². The van der Waals surface area contributed by atoms with Crippen LogP contribution in [0.3, 0.4) is 0 Å². The van der Waals surface area contributed by atoms with E-state index in [1.165, 1.54) is 0 Å². The molecule has 0 spiro atoms. The van der Waals surface area contributed by atoms with Gasteiger partial charge < -0.3 is 10.3 Å². The summed E-state index contributed by atoms with van der Waals surface area (Å²) in [5, 5.41) is 2.83. The Hall–Kier alpha value is -2.76. The molecular formula is C31H37FN2O3. The van der Waals surface area contributed by atoms with Crippen molar-refractivity contribution in [3.05, 3.63) is 62.8 Å². The van der Waals surface area contributed by atoms with Crippen molar-refractivity contribution < 1.29 is 14.0 Å². The summed E-state index contributed by atoms with van der Waals surface area (Å²) in [5.74, 6) is 1.42. The molecule has 1 aromatic carbocycles. The van der Waals surface area contributed by atoms with Crippen LogP contribution in [0.4, 0.5) is 10.1 Å². The summed E-state index contributed by atoms with van der Waals surface area (Å²) in [4.78, 5) is 41.4. The highest BCUT2D eigenvalue weighted by atomic mass is 19.1. The van der Waals surface area contributed by atoms with Crippen molar-refractivity contribution in [1.82, 2.24) is 4.98 Å². The number of hydrogen-bond acceptors (Lipinski definition) is 3. The van der Waals surface area contributed by atoms with Crippen molar-refractivity contribution in [1.29, 1.82) is 0 Å². The number of anilines is 1. The van der Waals surface area contributed by atoms with Crippen molar-refractivity contribution in [2.75, 3.05) is 5.32 Å². The number of H-pyrrole nitrogens is 1. The van der Waals surface area contributed by atoms with Gasteiger partial charge in [0.1, 0.15) is 17.3 Å². The molecule has 5 atom stereocenters. The zero-order chi connectivity index (χ0) is 25.7. The average Bonchev–Trinajstić information content (AvgIpc) is 3.14. The molecule has 2 saturated carbocycles. The number of Topliss-reactive ketones (excluding diaryl/α,β-unsaturated/α-hetero) is 1. The molecule has 3 unspecified atom stereocenters. The first-order valence-corrected chi connectivity index (χ1v) is 14.2. The topological polar surface area (TPSA) is 79.0 Å². The van der Waals surface area contributed by atoms with E-state index in [1.807, 2.05) is 12.1 Å². The maximum atomic E-state index is 14.5. The molecule has 37 heavy (non-hydrogen) atoms. The van der Waals surface area contributed by atoms with E-state index in [-0.39, 0.29) is 28.6 Å². The van der Waals surface area contributed by atoms with E-state index >= 15 is 0 Å². The zero-order valence-electron chi connectivity index (χ0n) is 21.7. The highest BCUT2D eigenvalue weighted by Crippen LogP contribution is 2.62. The molecule has 1 heterocycles. The van der Waals surface area contributed by atoms with Gasteiger partial charge in [0.25, 0.3) is 5.56 Å². The maximum absolute atomic E-state index is 14.5. The predicted octanol–water partition coefficient (Wildman–Crippen LogP) is 5.85. The maximum Gasteiger partial charge on any atom is 0.271 e. The van der Waals surface area contributed by atoms with Crippen LogP contribution in [0.2, 0.25) is 0 Å². The standard InChI is InChI=1S/C31H37FN2O3/c1-31-15-14-21-20-8-5-9-24(32)22(20)12-13-23(21)29(31)19(17-27(31)35)7-4-11-28(36)33-26-16-18-6-2-3-10-25(18)34-30(26)37/h5,8-9,16,19,21,23,29H,2-4,6-7,10-15,17H2,1H3,(H,33,36)(H,34,37)/t19-,21?,23?,29?,31-/m1/s1. The number of aromatic amines is 1. The number of fused-ring (bicyclic) bond motifs is 6. The number of hydrogen-bond donors (Lipinski definition) is 2. The van der Waals surface area contributed by atoms with E-state index in [4.69, 9.17) is 0 Å². The number of ketones is 1. The van der Waals surface area contributed by atoms with Gasteiger partial charge in [-0.2, -0.15) is 0 Å². The molecule has 0 saturated heterocycles. The number of aryl methyl sites for hydroxylation is 2. The third-order valence-electron chi connectivity index (χ3n) is 10.2. The second kappa shape index (κ2) is 9.52. The van der Waals surface area contributed by atoms with Crippen molar-refractivity contribution in [3.8, 4) is 0 Å². The summed E-state index contributed by atoms with van der Waals surface area (Å²) in [5.41, 5.74) is 3.99. The van der Waals surface area contributed by atoms with Gasteiger partial charge in [-0.1, -0.05) is 19.1 Å². The lowest BCUT2D eigenvalue weighted by Gasteiger charge is -2.50. The van der Waals surface area contributed by atoms with Crippen LogP contribution >= 0.6 is 0 Å². The Labute approximate surface area is 217 Å². The lowest BCUT2D eigenvalue weighted by atomic mass is 9.54. The fourth-order valence-electron chi connectivity index (χ4n) is 8.40. The minimum absolute atomic E-state index is 0.0906. The van der Waals surface area contributed by atoms with Crippen molar-refractivity contribution >= 4 is 17.4 Å². The number of nitrogens with one attached hydrogen (secondary N) is 2.